The number of hydrogen-bond donors (Lipinski definition) is 0. The van der Waals surface area contributed by atoms with Crippen LogP contribution in [0.3, 0.4) is 0 Å². The van der Waals surface area contributed by atoms with Crippen molar-refractivity contribution in [2.75, 3.05) is 0 Å². The van der Waals surface area contributed by atoms with Crippen molar-refractivity contribution in [3.05, 3.63) is 0 Å². The van der Waals surface area contributed by atoms with E-state index in [2.05, 4.69) is 20.8 Å². The van der Waals surface area contributed by atoms with Crippen molar-refractivity contribution in [2.45, 2.75) is 40.0 Å². The minimum atomic E-state index is 0.710. The van der Waals surface area contributed by atoms with E-state index in [1.807, 2.05) is 0 Å². The monoisotopic (exact) mass is 150 g/mol. The molecule has 0 heteroatoms. The predicted octanol–water partition coefficient (Wildman–Crippen LogP) is 3.08. The van der Waals surface area contributed by atoms with Crippen LogP contribution in [0.2, 0.25) is 0 Å². The topological polar surface area (TPSA) is 0 Å². The van der Waals surface area contributed by atoms with Crippen LogP contribution in [0.4, 0.5) is 0 Å². The van der Waals surface area contributed by atoms with E-state index in [1.54, 1.807) is 19.3 Å². The van der Waals surface area contributed by atoms with Crippen LogP contribution >= 0.6 is 0 Å². The van der Waals surface area contributed by atoms with Gasteiger partial charge in [-0.3, -0.25) is 0 Å². The molecule has 0 N–H and O–H groups in total. The smallest absolute Gasteiger partial charge is 0.0261 e. The molecule has 0 aromatic carbocycles. The molecule has 0 aliphatic heterocycles. The third-order valence-corrected chi connectivity index (χ3v) is 5.29. The molecule has 0 heterocycles. The van der Waals surface area contributed by atoms with Gasteiger partial charge in [-0.15, -0.1) is 0 Å². The lowest BCUT2D eigenvalue weighted by atomic mass is 9.45. The standard InChI is InChI=1S/C11H18/c1-10(2)7-4-8-6-11(8,3)9(10)5-7/h7-9H,4-6H2,1-3H3/t7-,8?,9+,11?/m1/s1. The van der Waals surface area contributed by atoms with Gasteiger partial charge < -0.3 is 0 Å². The van der Waals surface area contributed by atoms with Gasteiger partial charge in [0.1, 0.15) is 0 Å². The van der Waals surface area contributed by atoms with Crippen LogP contribution in [0.1, 0.15) is 40.0 Å². The van der Waals surface area contributed by atoms with E-state index in [1.165, 1.54) is 0 Å². The lowest BCUT2D eigenvalue weighted by Gasteiger charge is -2.59. The number of hydrogen-bond acceptors (Lipinski definition) is 0. The van der Waals surface area contributed by atoms with Gasteiger partial charge in [-0.25, -0.2) is 0 Å². The van der Waals surface area contributed by atoms with E-state index in [0.29, 0.717) is 5.41 Å². The Labute approximate surface area is 69.4 Å². The first-order valence-electron chi connectivity index (χ1n) is 5.05. The Morgan fingerprint density at radius 1 is 1.00 bits per heavy atom. The zero-order chi connectivity index (χ0) is 7.85. The molecule has 0 radical (unpaired) electrons. The highest BCUT2D eigenvalue weighted by Crippen LogP contribution is 2.77. The molecule has 0 saturated heterocycles. The molecule has 0 nitrogen and oxygen atoms in total. The molecule has 0 aromatic rings. The Bertz CT molecular complexity index is 211. The van der Waals surface area contributed by atoms with Gasteiger partial charge in [-0.05, 0) is 47.8 Å². The second kappa shape index (κ2) is 1.41. The van der Waals surface area contributed by atoms with Crippen LogP contribution in [-0.4, -0.2) is 0 Å². The van der Waals surface area contributed by atoms with Crippen molar-refractivity contribution in [1.82, 2.24) is 0 Å². The van der Waals surface area contributed by atoms with Gasteiger partial charge in [0.15, 0.2) is 0 Å². The van der Waals surface area contributed by atoms with E-state index >= 15 is 0 Å². The fraction of sp³-hybridized carbons (Fsp3) is 1.00. The molecule has 4 rings (SSSR count). The zero-order valence-electron chi connectivity index (χ0n) is 7.85. The molecular formula is C11H18. The second-order valence-corrected chi connectivity index (χ2v) is 5.95. The zero-order valence-corrected chi connectivity index (χ0v) is 7.85. The van der Waals surface area contributed by atoms with Crippen molar-refractivity contribution in [3.63, 3.8) is 0 Å². The summed E-state index contributed by atoms with van der Waals surface area (Å²) in [5.74, 6) is 3.31. The SMILES string of the molecule is CC12CC1C[C@@H]1C[C@H]2C1(C)C. The third kappa shape index (κ3) is 0.522. The summed E-state index contributed by atoms with van der Waals surface area (Å²) >= 11 is 0. The Kier molecular flexibility index (Phi) is 0.832. The van der Waals surface area contributed by atoms with Gasteiger partial charge in [0.05, 0.1) is 0 Å². The lowest BCUT2D eigenvalue weighted by molar-refractivity contribution is -0.106. The molecule has 0 spiro atoms. The van der Waals surface area contributed by atoms with Gasteiger partial charge in [-0.2, -0.15) is 0 Å². The van der Waals surface area contributed by atoms with E-state index in [4.69, 9.17) is 0 Å². The second-order valence-electron chi connectivity index (χ2n) is 5.95. The molecule has 4 aliphatic rings. The summed E-state index contributed by atoms with van der Waals surface area (Å²) in [5, 5.41) is 0. The van der Waals surface area contributed by atoms with Crippen LogP contribution in [0.15, 0.2) is 0 Å². The van der Waals surface area contributed by atoms with E-state index in [0.717, 1.165) is 23.2 Å². The van der Waals surface area contributed by atoms with Crippen molar-refractivity contribution in [1.29, 1.82) is 0 Å². The largest absolute Gasteiger partial charge is 0.0594 e. The van der Waals surface area contributed by atoms with Gasteiger partial charge in [0, 0.05) is 0 Å². The first-order valence-corrected chi connectivity index (χ1v) is 5.05. The molecule has 2 bridgehead atoms. The molecule has 4 fully saturated rings. The summed E-state index contributed by atoms with van der Waals surface area (Å²) in [4.78, 5) is 0. The molecule has 11 heavy (non-hydrogen) atoms. The average Bonchev–Trinajstić information content (AvgIpc) is 2.58. The van der Waals surface area contributed by atoms with Gasteiger partial charge in [0.25, 0.3) is 0 Å². The lowest BCUT2D eigenvalue weighted by Crippen LogP contribution is -2.52. The highest BCUT2D eigenvalue weighted by atomic mass is 14.7. The molecule has 4 saturated carbocycles. The minimum absolute atomic E-state index is 0.710. The summed E-state index contributed by atoms with van der Waals surface area (Å²) in [6.07, 6.45) is 4.66. The van der Waals surface area contributed by atoms with Crippen LogP contribution in [-0.2, 0) is 0 Å². The van der Waals surface area contributed by atoms with Gasteiger partial charge >= 0.3 is 0 Å². The van der Waals surface area contributed by atoms with Gasteiger partial charge in [-0.1, -0.05) is 20.8 Å². The third-order valence-electron chi connectivity index (χ3n) is 5.29. The van der Waals surface area contributed by atoms with Gasteiger partial charge in [0.2, 0.25) is 0 Å². The molecule has 4 aliphatic carbocycles. The Hall–Kier alpha value is 0. The number of rotatable bonds is 0. The summed E-state index contributed by atoms with van der Waals surface area (Å²) in [6, 6.07) is 0. The molecule has 2 unspecified atom stereocenters. The maximum absolute atomic E-state index is 2.53. The first kappa shape index (κ1) is 6.51. The van der Waals surface area contributed by atoms with Crippen molar-refractivity contribution >= 4 is 0 Å². The Morgan fingerprint density at radius 3 is 2.18 bits per heavy atom. The van der Waals surface area contributed by atoms with E-state index in [-0.39, 0.29) is 0 Å². The molecular weight excluding hydrogens is 132 g/mol. The maximum Gasteiger partial charge on any atom is -0.0261 e. The van der Waals surface area contributed by atoms with Crippen LogP contribution < -0.4 is 0 Å². The Balaban J connectivity index is 1.98. The average molecular weight is 150 g/mol. The first-order chi connectivity index (χ1) is 5.05. The van der Waals surface area contributed by atoms with Crippen LogP contribution in [0.5, 0.6) is 0 Å². The van der Waals surface area contributed by atoms with E-state index in [9.17, 15) is 0 Å². The van der Waals surface area contributed by atoms with Crippen molar-refractivity contribution < 1.29 is 0 Å². The molecule has 4 atom stereocenters. The maximum atomic E-state index is 2.53. The molecule has 0 amide bonds. The van der Waals surface area contributed by atoms with E-state index < -0.39 is 0 Å². The normalized spacial score (nSPS) is 63.0. The quantitative estimate of drug-likeness (QED) is 0.498. The fourth-order valence-corrected chi connectivity index (χ4v) is 4.13. The van der Waals surface area contributed by atoms with Crippen LogP contribution in [0, 0.1) is 28.6 Å². The summed E-state index contributed by atoms with van der Waals surface area (Å²) in [5.41, 5.74) is 1.51. The summed E-state index contributed by atoms with van der Waals surface area (Å²) < 4.78 is 0. The summed E-state index contributed by atoms with van der Waals surface area (Å²) in [7, 11) is 0. The molecule has 62 valence electrons. The fourth-order valence-electron chi connectivity index (χ4n) is 4.13. The van der Waals surface area contributed by atoms with Crippen molar-refractivity contribution in [3.8, 4) is 0 Å². The summed E-state index contributed by atoms with van der Waals surface area (Å²) in [6.45, 7) is 7.51. The van der Waals surface area contributed by atoms with Crippen LogP contribution in [0.25, 0.3) is 0 Å². The van der Waals surface area contributed by atoms with Crippen molar-refractivity contribution in [2.24, 2.45) is 28.6 Å². The highest BCUT2D eigenvalue weighted by molar-refractivity contribution is 5.18. The Morgan fingerprint density at radius 2 is 1.73 bits per heavy atom. The molecule has 0 aromatic heterocycles. The predicted molar refractivity (Wildman–Crippen MR) is 46.2 cm³/mol. The minimum Gasteiger partial charge on any atom is -0.0594 e. The highest BCUT2D eigenvalue weighted by Gasteiger charge is 2.70.